The molecule has 4 N–H and O–H groups in total. The predicted molar refractivity (Wildman–Crippen MR) is 128 cm³/mol. The molecule has 1 aliphatic rings. The van der Waals surface area contributed by atoms with Crippen molar-refractivity contribution in [3.05, 3.63) is 47.9 Å². The smallest absolute Gasteiger partial charge is 0.300 e. The Kier molecular flexibility index (Phi) is 6.96. The van der Waals surface area contributed by atoms with E-state index in [1.54, 1.807) is 11.3 Å². The lowest BCUT2D eigenvalue weighted by Gasteiger charge is -2.22. The molecule has 0 saturated heterocycles. The molecule has 5 rings (SSSR count). The minimum absolute atomic E-state index is 0.481. The van der Waals surface area contributed by atoms with Crippen LogP contribution in [-0.2, 0) is 17.9 Å². The Balaban J connectivity index is 0.000000567. The number of hydrogen-bond donors (Lipinski definition) is 3. The normalized spacial score (nSPS) is 14.3. The SMILES string of the molecule is CC(=O)O.NCc1cnc2c(c1)ncn2Cc1ccc2nc(NC3CCCCC3)sc2c1. The maximum absolute atomic E-state index is 9.00. The van der Waals surface area contributed by atoms with Crippen LogP contribution in [0.1, 0.15) is 50.2 Å². The summed E-state index contributed by atoms with van der Waals surface area (Å²) < 4.78 is 3.30. The van der Waals surface area contributed by atoms with Gasteiger partial charge in [-0.25, -0.2) is 15.0 Å². The second kappa shape index (κ2) is 10.1. The lowest BCUT2D eigenvalue weighted by atomic mass is 9.96. The standard InChI is InChI=1S/C21H24N6S.C2H4O2/c22-10-15-8-18-20(23-11-15)27(13-24-18)12-14-6-7-17-19(9-14)28-21(26-17)25-16-4-2-1-3-5-16;1-2(3)4/h6-9,11,13,16H,1-5,10,12,22H2,(H,25,26);1H3,(H,3,4). The lowest BCUT2D eigenvalue weighted by Crippen LogP contribution is -2.21. The fraction of sp³-hybridized carbons (Fsp3) is 0.391. The molecule has 4 aromatic rings. The zero-order valence-electron chi connectivity index (χ0n) is 18.1. The zero-order chi connectivity index (χ0) is 22.5. The van der Waals surface area contributed by atoms with Gasteiger partial charge in [-0.2, -0.15) is 0 Å². The topological polar surface area (TPSA) is 119 Å². The Labute approximate surface area is 190 Å². The molecule has 0 atom stereocenters. The summed E-state index contributed by atoms with van der Waals surface area (Å²) in [6.45, 7) is 2.31. The number of thiazole rings is 1. The number of benzene rings is 1. The Morgan fingerprint density at radius 1 is 1.19 bits per heavy atom. The van der Waals surface area contributed by atoms with Gasteiger partial charge in [-0.05, 0) is 42.2 Å². The van der Waals surface area contributed by atoms with Gasteiger partial charge in [0.15, 0.2) is 10.8 Å². The monoisotopic (exact) mass is 452 g/mol. The highest BCUT2D eigenvalue weighted by Gasteiger charge is 2.15. The summed E-state index contributed by atoms with van der Waals surface area (Å²) in [4.78, 5) is 22.8. The first-order chi connectivity index (χ1) is 15.5. The molecule has 8 nitrogen and oxygen atoms in total. The molecular formula is C23H28N6O2S. The third kappa shape index (κ3) is 5.41. The fourth-order valence-corrected chi connectivity index (χ4v) is 4.97. The molecule has 0 bridgehead atoms. The van der Waals surface area contributed by atoms with Gasteiger partial charge in [0.1, 0.15) is 5.52 Å². The summed E-state index contributed by atoms with van der Waals surface area (Å²) in [6.07, 6.45) is 10.2. The van der Waals surface area contributed by atoms with Gasteiger partial charge in [0, 0.05) is 25.7 Å². The Hall–Kier alpha value is -3.04. The number of pyridine rings is 1. The van der Waals surface area contributed by atoms with Gasteiger partial charge in [-0.1, -0.05) is 36.7 Å². The number of hydrogen-bond acceptors (Lipinski definition) is 7. The maximum atomic E-state index is 9.00. The number of nitrogens with zero attached hydrogens (tertiary/aromatic N) is 4. The molecule has 1 fully saturated rings. The summed E-state index contributed by atoms with van der Waals surface area (Å²) in [5, 5.41) is 12.1. The number of imidazole rings is 1. The number of nitrogens with one attached hydrogen (secondary N) is 1. The van der Waals surface area contributed by atoms with Crippen LogP contribution in [0.25, 0.3) is 21.4 Å². The van der Waals surface area contributed by atoms with Crippen LogP contribution < -0.4 is 11.1 Å². The van der Waals surface area contributed by atoms with Crippen molar-refractivity contribution in [2.75, 3.05) is 5.32 Å². The van der Waals surface area contributed by atoms with E-state index in [9.17, 15) is 0 Å². The Morgan fingerprint density at radius 3 is 2.72 bits per heavy atom. The van der Waals surface area contributed by atoms with Gasteiger partial charge < -0.3 is 20.7 Å². The van der Waals surface area contributed by atoms with Crippen LogP contribution in [0.5, 0.6) is 0 Å². The Morgan fingerprint density at radius 2 is 1.97 bits per heavy atom. The van der Waals surface area contributed by atoms with Crippen molar-refractivity contribution in [1.82, 2.24) is 19.5 Å². The molecule has 32 heavy (non-hydrogen) atoms. The van der Waals surface area contributed by atoms with E-state index in [0.717, 1.165) is 40.8 Å². The van der Waals surface area contributed by atoms with Crippen LogP contribution >= 0.6 is 11.3 Å². The van der Waals surface area contributed by atoms with Gasteiger partial charge >= 0.3 is 0 Å². The second-order valence-electron chi connectivity index (χ2n) is 8.08. The van der Waals surface area contributed by atoms with Crippen molar-refractivity contribution >= 4 is 43.8 Å². The maximum Gasteiger partial charge on any atom is 0.300 e. The summed E-state index contributed by atoms with van der Waals surface area (Å²) in [5.74, 6) is -0.833. The molecule has 0 radical (unpaired) electrons. The largest absolute Gasteiger partial charge is 0.481 e. The average Bonchev–Trinajstić information content (AvgIpc) is 3.36. The van der Waals surface area contributed by atoms with E-state index in [-0.39, 0.29) is 0 Å². The molecule has 168 valence electrons. The number of carboxylic acids is 1. The Bertz CT molecular complexity index is 1210. The number of carbonyl (C=O) groups is 1. The number of rotatable bonds is 5. The van der Waals surface area contributed by atoms with E-state index in [4.69, 9.17) is 20.6 Å². The van der Waals surface area contributed by atoms with Gasteiger partial charge in [-0.3, -0.25) is 4.79 Å². The number of aromatic nitrogens is 4. The number of aliphatic carboxylic acids is 1. The fourth-order valence-electron chi connectivity index (χ4n) is 3.97. The molecule has 0 spiro atoms. The van der Waals surface area contributed by atoms with E-state index >= 15 is 0 Å². The predicted octanol–water partition coefficient (Wildman–Crippen LogP) is 4.38. The van der Waals surface area contributed by atoms with E-state index in [2.05, 4.69) is 38.1 Å². The molecule has 0 amide bonds. The molecule has 1 saturated carbocycles. The highest BCUT2D eigenvalue weighted by Crippen LogP contribution is 2.30. The quantitative estimate of drug-likeness (QED) is 0.411. The number of carboxylic acid groups (broad SMARTS) is 1. The van der Waals surface area contributed by atoms with Gasteiger partial charge in [0.05, 0.1) is 23.1 Å². The van der Waals surface area contributed by atoms with Crippen LogP contribution in [0.15, 0.2) is 36.8 Å². The van der Waals surface area contributed by atoms with E-state index in [0.29, 0.717) is 12.6 Å². The zero-order valence-corrected chi connectivity index (χ0v) is 18.9. The van der Waals surface area contributed by atoms with Gasteiger partial charge in [0.25, 0.3) is 5.97 Å². The van der Waals surface area contributed by atoms with Gasteiger partial charge in [0.2, 0.25) is 0 Å². The van der Waals surface area contributed by atoms with E-state index in [1.807, 2.05) is 18.6 Å². The summed E-state index contributed by atoms with van der Waals surface area (Å²) in [6, 6.07) is 9.09. The van der Waals surface area contributed by atoms with Crippen LogP contribution in [0.4, 0.5) is 5.13 Å². The molecule has 3 heterocycles. The lowest BCUT2D eigenvalue weighted by molar-refractivity contribution is -0.134. The molecule has 9 heteroatoms. The van der Waals surface area contributed by atoms with Crippen molar-refractivity contribution in [3.8, 4) is 0 Å². The van der Waals surface area contributed by atoms with Crippen molar-refractivity contribution in [1.29, 1.82) is 0 Å². The second-order valence-corrected chi connectivity index (χ2v) is 9.11. The highest BCUT2D eigenvalue weighted by molar-refractivity contribution is 7.22. The first kappa shape index (κ1) is 22.2. The van der Waals surface area contributed by atoms with Crippen LogP contribution in [-0.4, -0.2) is 36.6 Å². The molecule has 0 unspecified atom stereocenters. The molecule has 3 aromatic heterocycles. The number of anilines is 1. The van der Waals surface area contributed by atoms with Crippen molar-refractivity contribution in [3.63, 3.8) is 0 Å². The summed E-state index contributed by atoms with van der Waals surface area (Å²) in [5.41, 5.74) is 10.8. The molecule has 1 aliphatic carbocycles. The van der Waals surface area contributed by atoms with Crippen LogP contribution in [0.2, 0.25) is 0 Å². The molecular weight excluding hydrogens is 424 g/mol. The van der Waals surface area contributed by atoms with Gasteiger partial charge in [-0.15, -0.1) is 0 Å². The third-order valence-corrected chi connectivity index (χ3v) is 6.44. The summed E-state index contributed by atoms with van der Waals surface area (Å²) >= 11 is 1.75. The first-order valence-corrected chi connectivity index (χ1v) is 11.7. The van der Waals surface area contributed by atoms with Crippen molar-refractivity contribution in [2.45, 2.75) is 58.2 Å². The number of fused-ring (bicyclic) bond motifs is 2. The molecule has 1 aromatic carbocycles. The van der Waals surface area contributed by atoms with Crippen LogP contribution in [0, 0.1) is 0 Å². The third-order valence-electron chi connectivity index (χ3n) is 5.49. The van der Waals surface area contributed by atoms with Crippen LogP contribution in [0.3, 0.4) is 0 Å². The minimum atomic E-state index is -0.833. The molecule has 0 aliphatic heterocycles. The van der Waals surface area contributed by atoms with E-state index in [1.165, 1.54) is 42.4 Å². The summed E-state index contributed by atoms with van der Waals surface area (Å²) in [7, 11) is 0. The highest BCUT2D eigenvalue weighted by atomic mass is 32.1. The number of nitrogens with two attached hydrogens (primary N) is 1. The van der Waals surface area contributed by atoms with Crippen molar-refractivity contribution < 1.29 is 9.90 Å². The van der Waals surface area contributed by atoms with E-state index < -0.39 is 5.97 Å². The minimum Gasteiger partial charge on any atom is -0.481 e. The van der Waals surface area contributed by atoms with Crippen molar-refractivity contribution in [2.24, 2.45) is 5.73 Å². The first-order valence-electron chi connectivity index (χ1n) is 10.9. The average molecular weight is 453 g/mol.